The molecule has 0 spiro atoms. The maximum atomic E-state index is 12.5. The maximum Gasteiger partial charge on any atom is 0.337 e. The molecule has 1 aromatic heterocycles. The third-order valence-corrected chi connectivity index (χ3v) is 7.39. The second kappa shape index (κ2) is 13.5. The molecule has 0 aliphatic carbocycles. The van der Waals surface area contributed by atoms with Gasteiger partial charge >= 0.3 is 12.0 Å². The van der Waals surface area contributed by atoms with Gasteiger partial charge in [0.1, 0.15) is 6.61 Å². The van der Waals surface area contributed by atoms with E-state index < -0.39 is 24.3 Å². The number of methoxy groups -OCH3 is 1. The summed E-state index contributed by atoms with van der Waals surface area (Å²) in [6.45, 7) is 12.0. The molecular weight excluding hydrogens is 550 g/mol. The number of nitrogens with one attached hydrogen (secondary N) is 3. The Morgan fingerprint density at radius 2 is 1.88 bits per heavy atom. The number of amides is 2. The quantitative estimate of drug-likeness (QED) is 0.114. The zero-order chi connectivity index (χ0) is 31.3. The minimum atomic E-state index is -1.10. The van der Waals surface area contributed by atoms with Crippen LogP contribution in [0.1, 0.15) is 53.5 Å². The van der Waals surface area contributed by atoms with E-state index in [2.05, 4.69) is 64.7 Å². The lowest BCUT2D eigenvalue weighted by atomic mass is 9.95. The first-order valence-corrected chi connectivity index (χ1v) is 14.0. The summed E-state index contributed by atoms with van der Waals surface area (Å²) in [6, 6.07) is 12.2. The van der Waals surface area contributed by atoms with Gasteiger partial charge in [-0.1, -0.05) is 18.2 Å². The second-order valence-electron chi connectivity index (χ2n) is 10.3. The summed E-state index contributed by atoms with van der Waals surface area (Å²) in [5.74, 6) is 0.215. The fourth-order valence-corrected chi connectivity index (χ4v) is 5.08. The number of rotatable bonds is 11. The van der Waals surface area contributed by atoms with Gasteiger partial charge < -0.3 is 34.5 Å². The Labute approximate surface area is 251 Å². The van der Waals surface area contributed by atoms with Crippen molar-refractivity contribution in [1.29, 1.82) is 0 Å². The van der Waals surface area contributed by atoms with Crippen molar-refractivity contribution in [2.45, 2.75) is 53.8 Å². The lowest BCUT2D eigenvalue weighted by molar-refractivity contribution is -0.136. The van der Waals surface area contributed by atoms with E-state index in [9.17, 15) is 14.7 Å². The van der Waals surface area contributed by atoms with Crippen LogP contribution in [0.15, 0.2) is 58.8 Å². The number of urea groups is 1. The molecule has 1 aliphatic rings. The summed E-state index contributed by atoms with van der Waals surface area (Å²) >= 11 is 0. The Morgan fingerprint density at radius 1 is 1.12 bits per heavy atom. The van der Waals surface area contributed by atoms with Gasteiger partial charge in [0, 0.05) is 28.3 Å². The summed E-state index contributed by atoms with van der Waals surface area (Å²) < 4.78 is 18.7. The number of hydrogen-bond donors (Lipinski definition) is 4. The van der Waals surface area contributed by atoms with Crippen LogP contribution in [-0.4, -0.2) is 54.4 Å². The highest BCUT2D eigenvalue weighted by atomic mass is 16.5. The second-order valence-corrected chi connectivity index (χ2v) is 10.3. The number of esters is 1. The lowest BCUT2D eigenvalue weighted by Crippen LogP contribution is -2.45. The van der Waals surface area contributed by atoms with Gasteiger partial charge in [0.15, 0.2) is 17.7 Å². The first kappa shape index (κ1) is 31.2. The molecule has 0 bridgehead atoms. The van der Waals surface area contributed by atoms with E-state index in [1.165, 1.54) is 18.2 Å². The predicted octanol–water partition coefficient (Wildman–Crippen LogP) is 4.23. The Bertz CT molecular complexity index is 1570. The van der Waals surface area contributed by atoms with E-state index in [1.54, 1.807) is 31.3 Å². The van der Waals surface area contributed by atoms with Crippen molar-refractivity contribution in [1.82, 2.24) is 20.6 Å². The molecule has 43 heavy (non-hydrogen) atoms. The number of aromatic nitrogens is 1. The number of carbonyl (C=O) groups is 2. The smallest absolute Gasteiger partial charge is 0.337 e. The van der Waals surface area contributed by atoms with Crippen molar-refractivity contribution < 1.29 is 28.9 Å². The largest absolute Gasteiger partial charge is 0.490 e. The number of aliphatic hydroxyl groups excluding tert-OH is 1. The number of hydrazone groups is 1. The van der Waals surface area contributed by atoms with Crippen LogP contribution in [0.2, 0.25) is 0 Å². The van der Waals surface area contributed by atoms with Crippen LogP contribution in [0.4, 0.5) is 4.79 Å². The summed E-state index contributed by atoms with van der Waals surface area (Å²) in [5, 5.41) is 20.1. The molecule has 0 radical (unpaired) electrons. The SMILES string of the molecule is CCOc1cc([C@H]2NC(=O)NC(C)=C2C(=O)OC)ccc1OC[C@H](O)N/N=C\c1cc(C)n(-c2cccc(C)c2C)c1C. The molecule has 2 amide bonds. The van der Waals surface area contributed by atoms with Crippen LogP contribution in [0.25, 0.3) is 5.69 Å². The van der Waals surface area contributed by atoms with Gasteiger partial charge in [-0.25, -0.2) is 9.59 Å². The average Bonchev–Trinajstić information content (AvgIpc) is 3.25. The Balaban J connectivity index is 1.44. The summed E-state index contributed by atoms with van der Waals surface area (Å²) in [7, 11) is 1.28. The van der Waals surface area contributed by atoms with Crippen molar-refractivity contribution in [3.63, 3.8) is 0 Å². The van der Waals surface area contributed by atoms with E-state index in [-0.39, 0.29) is 12.2 Å². The number of ether oxygens (including phenoxy) is 3. The van der Waals surface area contributed by atoms with Crippen molar-refractivity contribution in [2.75, 3.05) is 20.3 Å². The average molecular weight is 590 g/mol. The zero-order valence-corrected chi connectivity index (χ0v) is 25.6. The van der Waals surface area contributed by atoms with Crippen molar-refractivity contribution in [3.8, 4) is 17.2 Å². The highest BCUT2D eigenvalue weighted by Gasteiger charge is 2.32. The monoisotopic (exact) mass is 589 g/mol. The van der Waals surface area contributed by atoms with Crippen molar-refractivity contribution in [3.05, 3.63) is 87.4 Å². The van der Waals surface area contributed by atoms with Crippen LogP contribution in [-0.2, 0) is 9.53 Å². The maximum absolute atomic E-state index is 12.5. The van der Waals surface area contributed by atoms with E-state index in [4.69, 9.17) is 14.2 Å². The van der Waals surface area contributed by atoms with Crippen LogP contribution in [0.3, 0.4) is 0 Å². The number of nitrogens with zero attached hydrogens (tertiary/aromatic N) is 2. The van der Waals surface area contributed by atoms with Crippen LogP contribution in [0, 0.1) is 27.7 Å². The van der Waals surface area contributed by atoms with E-state index in [0.717, 1.165) is 22.6 Å². The van der Waals surface area contributed by atoms with Crippen LogP contribution < -0.4 is 25.5 Å². The Hall–Kier alpha value is -4.77. The standard InChI is InChI=1S/C32H39N5O6/c1-8-42-27-15-23(30-29(31(39)41-7)21(5)34-32(40)35-30)12-13-26(27)43-17-28(38)36-33-16-24-14-19(3)37(22(24)6)25-11-9-10-18(2)20(25)4/h9-16,28,30,36,38H,8,17H2,1-7H3,(H2,34,35,40)/b33-16-/t28-,30+/m0/s1. The predicted molar refractivity (Wildman–Crippen MR) is 164 cm³/mol. The van der Waals surface area contributed by atoms with Gasteiger partial charge in [-0.05, 0) is 82.5 Å². The molecule has 2 atom stereocenters. The number of carbonyl (C=O) groups excluding carboxylic acids is 2. The molecule has 228 valence electrons. The fraction of sp³-hybridized carbons (Fsp3) is 0.344. The van der Waals surface area contributed by atoms with Gasteiger partial charge in [0.2, 0.25) is 0 Å². The fourth-order valence-electron chi connectivity index (χ4n) is 5.08. The normalized spacial score (nSPS) is 15.6. The molecular formula is C32H39N5O6. The van der Waals surface area contributed by atoms with Crippen molar-refractivity contribution in [2.24, 2.45) is 5.10 Å². The van der Waals surface area contributed by atoms with Crippen LogP contribution >= 0.6 is 0 Å². The molecule has 4 rings (SSSR count). The molecule has 2 heterocycles. The molecule has 0 unspecified atom stereocenters. The van der Waals surface area contributed by atoms with Gasteiger partial charge in [-0.3, -0.25) is 5.43 Å². The molecule has 3 aromatic rings. The van der Waals surface area contributed by atoms with E-state index in [0.29, 0.717) is 29.4 Å². The third-order valence-electron chi connectivity index (χ3n) is 7.39. The molecule has 11 nitrogen and oxygen atoms in total. The molecule has 0 saturated carbocycles. The first-order valence-electron chi connectivity index (χ1n) is 14.0. The summed E-state index contributed by atoms with van der Waals surface area (Å²) in [4.78, 5) is 24.6. The van der Waals surface area contributed by atoms with E-state index in [1.807, 2.05) is 19.9 Å². The van der Waals surface area contributed by atoms with Crippen LogP contribution in [0.5, 0.6) is 11.5 Å². The zero-order valence-electron chi connectivity index (χ0n) is 25.6. The number of allylic oxidation sites excluding steroid dienone is 1. The Morgan fingerprint density at radius 3 is 2.60 bits per heavy atom. The molecule has 1 aliphatic heterocycles. The molecule has 2 aromatic carbocycles. The number of benzene rings is 2. The van der Waals surface area contributed by atoms with Gasteiger partial charge in [-0.2, -0.15) is 5.10 Å². The highest BCUT2D eigenvalue weighted by Crippen LogP contribution is 2.35. The Kier molecular flexibility index (Phi) is 9.77. The number of aryl methyl sites for hydroxylation is 2. The van der Waals surface area contributed by atoms with Gasteiger partial charge in [0.05, 0.1) is 31.5 Å². The highest BCUT2D eigenvalue weighted by molar-refractivity contribution is 5.95. The minimum absolute atomic E-state index is 0.116. The number of aliphatic hydroxyl groups is 1. The third kappa shape index (κ3) is 6.83. The van der Waals surface area contributed by atoms with E-state index >= 15 is 0 Å². The molecule has 0 saturated heterocycles. The topological polar surface area (TPSA) is 135 Å². The number of hydrogen-bond acceptors (Lipinski definition) is 8. The molecule has 0 fully saturated rings. The molecule has 4 N–H and O–H groups in total. The summed E-state index contributed by atoms with van der Waals surface area (Å²) in [6.07, 6.45) is 0.572. The first-order chi connectivity index (χ1) is 20.5. The lowest BCUT2D eigenvalue weighted by Gasteiger charge is -2.28. The summed E-state index contributed by atoms with van der Waals surface area (Å²) in [5.41, 5.74) is 10.6. The molecule has 11 heteroatoms. The van der Waals surface area contributed by atoms with Gasteiger partial charge in [-0.15, -0.1) is 0 Å². The minimum Gasteiger partial charge on any atom is -0.490 e. The van der Waals surface area contributed by atoms with Crippen molar-refractivity contribution >= 4 is 18.2 Å². The van der Waals surface area contributed by atoms with Gasteiger partial charge in [0.25, 0.3) is 0 Å².